The molecule has 0 amide bonds. The Bertz CT molecular complexity index is 787. The van der Waals surface area contributed by atoms with Crippen molar-refractivity contribution in [1.29, 1.82) is 0 Å². The van der Waals surface area contributed by atoms with Crippen molar-refractivity contribution in [2.75, 3.05) is 0 Å². The molecule has 27 heavy (non-hydrogen) atoms. The maximum Gasteiger partial charge on any atom is 0.333 e. The fraction of sp³-hybridized carbons (Fsp3) is 0.667. The first-order valence-corrected chi connectivity index (χ1v) is 10.4. The van der Waals surface area contributed by atoms with Crippen LogP contribution in [-0.4, -0.2) is 17.4 Å². The molecule has 0 N–H and O–H groups in total. The van der Waals surface area contributed by atoms with Crippen LogP contribution in [0, 0.1) is 22.7 Å². The summed E-state index contributed by atoms with van der Waals surface area (Å²) < 4.78 is 6.03. The molecule has 0 radical (unpaired) electrons. The summed E-state index contributed by atoms with van der Waals surface area (Å²) in [5.41, 5.74) is 2.97. The van der Waals surface area contributed by atoms with Gasteiger partial charge in [-0.25, -0.2) is 4.79 Å². The Morgan fingerprint density at radius 1 is 1.19 bits per heavy atom. The van der Waals surface area contributed by atoms with Gasteiger partial charge in [0.2, 0.25) is 0 Å². The summed E-state index contributed by atoms with van der Waals surface area (Å²) in [5, 5.41) is 0. The average Bonchev–Trinajstić information content (AvgIpc) is 2.86. The second-order valence-corrected chi connectivity index (χ2v) is 9.94. The fourth-order valence-electron chi connectivity index (χ4n) is 6.53. The van der Waals surface area contributed by atoms with Crippen molar-refractivity contribution < 1.29 is 14.3 Å². The van der Waals surface area contributed by atoms with E-state index in [9.17, 15) is 9.59 Å². The van der Waals surface area contributed by atoms with Gasteiger partial charge in [-0.15, -0.1) is 0 Å². The molecule has 5 atom stereocenters. The van der Waals surface area contributed by atoms with E-state index in [0.717, 1.165) is 38.5 Å². The van der Waals surface area contributed by atoms with Gasteiger partial charge in [0.15, 0.2) is 5.78 Å². The molecule has 3 heteroatoms. The number of carbonyl (C=O) groups excluding carboxylic acids is 2. The van der Waals surface area contributed by atoms with Crippen molar-refractivity contribution >= 4 is 11.8 Å². The van der Waals surface area contributed by atoms with Gasteiger partial charge in [0.1, 0.15) is 5.60 Å². The third-order valence-corrected chi connectivity index (χ3v) is 8.53. The van der Waals surface area contributed by atoms with E-state index in [4.69, 9.17) is 4.74 Å². The van der Waals surface area contributed by atoms with E-state index in [2.05, 4.69) is 33.4 Å². The van der Waals surface area contributed by atoms with E-state index in [-0.39, 0.29) is 16.8 Å². The van der Waals surface area contributed by atoms with Crippen LogP contribution >= 0.6 is 0 Å². The van der Waals surface area contributed by atoms with Gasteiger partial charge in [0.25, 0.3) is 0 Å². The molecular weight excluding hydrogens is 336 g/mol. The number of fused-ring (bicyclic) bond motifs is 5. The number of carbonyl (C=O) groups is 2. The Labute approximate surface area is 162 Å². The smallest absolute Gasteiger partial charge is 0.333 e. The number of esters is 1. The maximum atomic E-state index is 12.3. The van der Waals surface area contributed by atoms with Crippen LogP contribution in [0.2, 0.25) is 0 Å². The molecule has 0 aromatic carbocycles. The van der Waals surface area contributed by atoms with E-state index in [0.29, 0.717) is 29.6 Å². The number of rotatable bonds is 2. The summed E-state index contributed by atoms with van der Waals surface area (Å²) in [6, 6.07) is 0. The first-order chi connectivity index (χ1) is 12.6. The molecule has 0 spiro atoms. The summed E-state index contributed by atoms with van der Waals surface area (Å²) in [5.74, 6) is 1.11. The molecule has 0 aromatic rings. The highest BCUT2D eigenvalue weighted by molar-refractivity contribution is 5.92. The fourth-order valence-corrected chi connectivity index (χ4v) is 6.53. The lowest BCUT2D eigenvalue weighted by molar-refractivity contribution is -0.167. The van der Waals surface area contributed by atoms with Crippen molar-refractivity contribution in [2.24, 2.45) is 22.7 Å². The summed E-state index contributed by atoms with van der Waals surface area (Å²) in [7, 11) is 0. The standard InChI is InChI=1S/C24H32O3/c1-15(2)21(26)27-24(5)13-10-20-18-7-6-16-14-17(25)8-11-22(16,3)19(18)9-12-23(20,24)4/h9,14,18,20H,1,6-8,10-13H2,2-5H3/t18?,20-,22-,23-,24?/m0/s1. The van der Waals surface area contributed by atoms with Crippen LogP contribution in [0.1, 0.15) is 72.6 Å². The zero-order valence-corrected chi connectivity index (χ0v) is 17.2. The number of ether oxygens (including phenoxy) is 1. The zero-order chi connectivity index (χ0) is 19.6. The Hall–Kier alpha value is -1.64. The van der Waals surface area contributed by atoms with Crippen molar-refractivity contribution in [3.8, 4) is 0 Å². The van der Waals surface area contributed by atoms with E-state index in [1.165, 1.54) is 5.57 Å². The second-order valence-electron chi connectivity index (χ2n) is 9.94. The Morgan fingerprint density at radius 2 is 1.93 bits per heavy atom. The molecular formula is C24H32O3. The normalized spacial score (nSPS) is 43.0. The maximum absolute atomic E-state index is 12.3. The molecule has 0 aliphatic heterocycles. The third kappa shape index (κ3) is 2.53. The highest BCUT2D eigenvalue weighted by Gasteiger charge is 2.62. The molecule has 0 bridgehead atoms. The molecule has 4 aliphatic rings. The van der Waals surface area contributed by atoms with Crippen LogP contribution in [-0.2, 0) is 14.3 Å². The largest absolute Gasteiger partial charge is 0.455 e. The molecule has 0 saturated heterocycles. The Kier molecular flexibility index (Phi) is 4.11. The van der Waals surface area contributed by atoms with Crippen LogP contribution in [0.15, 0.2) is 35.5 Å². The van der Waals surface area contributed by atoms with E-state index in [1.807, 2.05) is 6.08 Å². The molecule has 0 heterocycles. The molecule has 0 aromatic heterocycles. The van der Waals surface area contributed by atoms with Gasteiger partial charge in [0, 0.05) is 22.8 Å². The van der Waals surface area contributed by atoms with E-state index in [1.54, 1.807) is 12.5 Å². The van der Waals surface area contributed by atoms with Crippen LogP contribution < -0.4 is 0 Å². The predicted octanol–water partition coefficient (Wildman–Crippen LogP) is 5.32. The highest BCUT2D eigenvalue weighted by Crippen LogP contribution is 2.66. The molecule has 4 aliphatic carbocycles. The number of hydrogen-bond acceptors (Lipinski definition) is 3. The van der Waals surface area contributed by atoms with Gasteiger partial charge in [-0.3, -0.25) is 4.79 Å². The van der Waals surface area contributed by atoms with Gasteiger partial charge >= 0.3 is 5.97 Å². The summed E-state index contributed by atoms with van der Waals surface area (Å²) in [4.78, 5) is 24.2. The first-order valence-electron chi connectivity index (χ1n) is 10.4. The van der Waals surface area contributed by atoms with Crippen LogP contribution in [0.4, 0.5) is 0 Å². The molecule has 2 fully saturated rings. The first kappa shape index (κ1) is 18.7. The van der Waals surface area contributed by atoms with E-state index < -0.39 is 5.60 Å². The molecule has 4 rings (SSSR count). The minimum Gasteiger partial charge on any atom is -0.455 e. The van der Waals surface area contributed by atoms with Crippen molar-refractivity contribution in [2.45, 2.75) is 78.2 Å². The summed E-state index contributed by atoms with van der Waals surface area (Å²) >= 11 is 0. The molecule has 146 valence electrons. The summed E-state index contributed by atoms with van der Waals surface area (Å²) in [6.07, 6.45) is 11.1. The highest BCUT2D eigenvalue weighted by atomic mass is 16.6. The lowest BCUT2D eigenvalue weighted by Gasteiger charge is -2.55. The number of allylic oxidation sites excluding steroid dienone is 4. The van der Waals surface area contributed by atoms with Crippen LogP contribution in [0.25, 0.3) is 0 Å². The average molecular weight is 369 g/mol. The topological polar surface area (TPSA) is 43.4 Å². The minimum atomic E-state index is -0.435. The van der Waals surface area contributed by atoms with Gasteiger partial charge in [0.05, 0.1) is 0 Å². The van der Waals surface area contributed by atoms with Gasteiger partial charge in [-0.2, -0.15) is 0 Å². The molecule has 2 saturated carbocycles. The molecule has 2 unspecified atom stereocenters. The zero-order valence-electron chi connectivity index (χ0n) is 17.2. The van der Waals surface area contributed by atoms with Crippen molar-refractivity contribution in [1.82, 2.24) is 0 Å². The minimum absolute atomic E-state index is 0.0334. The Balaban J connectivity index is 1.69. The Morgan fingerprint density at radius 3 is 2.63 bits per heavy atom. The summed E-state index contributed by atoms with van der Waals surface area (Å²) in [6.45, 7) is 12.3. The number of ketones is 1. The molecule has 3 nitrogen and oxygen atoms in total. The predicted molar refractivity (Wildman–Crippen MR) is 106 cm³/mol. The number of hydrogen-bond donors (Lipinski definition) is 0. The van der Waals surface area contributed by atoms with Crippen molar-refractivity contribution in [3.63, 3.8) is 0 Å². The van der Waals surface area contributed by atoms with Crippen LogP contribution in [0.5, 0.6) is 0 Å². The lowest BCUT2D eigenvalue weighted by atomic mass is 9.51. The second kappa shape index (κ2) is 5.93. The monoisotopic (exact) mass is 368 g/mol. The quantitative estimate of drug-likeness (QED) is 0.376. The van der Waals surface area contributed by atoms with Crippen molar-refractivity contribution in [3.05, 3.63) is 35.5 Å². The van der Waals surface area contributed by atoms with E-state index >= 15 is 0 Å². The van der Waals surface area contributed by atoms with Crippen LogP contribution in [0.3, 0.4) is 0 Å². The SMILES string of the molecule is C=C(C)C(=O)OC1(C)CC[C@H]2C3CCC4=CC(=O)CC[C@]4(C)C3=CC[C@@]21C. The van der Waals surface area contributed by atoms with Gasteiger partial charge in [-0.05, 0) is 70.3 Å². The lowest BCUT2D eigenvalue weighted by Crippen LogP contribution is -2.51. The third-order valence-electron chi connectivity index (χ3n) is 8.53. The van der Waals surface area contributed by atoms with Gasteiger partial charge in [-0.1, -0.05) is 37.6 Å². The van der Waals surface area contributed by atoms with Gasteiger partial charge < -0.3 is 4.74 Å².